The van der Waals surface area contributed by atoms with E-state index in [9.17, 15) is 4.79 Å². The number of hydrogen-bond acceptors (Lipinski definition) is 3. The number of nitrogens with zero attached hydrogens (tertiary/aromatic N) is 1. The highest BCUT2D eigenvalue weighted by Gasteiger charge is 2.27. The number of methoxy groups -OCH3 is 1. The standard InChI is InChI=1S/C15H21NO2/c1-3-4-15(17)12-9-10-16(11-12)13-5-7-14(18-2)8-6-13/h5-8,12H,3-4,9-11H2,1-2H3. The highest BCUT2D eigenvalue weighted by molar-refractivity contribution is 5.82. The fourth-order valence-electron chi connectivity index (χ4n) is 2.50. The van der Waals surface area contributed by atoms with Gasteiger partial charge in [-0.2, -0.15) is 0 Å². The van der Waals surface area contributed by atoms with Gasteiger partial charge < -0.3 is 9.64 Å². The Labute approximate surface area is 109 Å². The van der Waals surface area contributed by atoms with E-state index < -0.39 is 0 Å². The van der Waals surface area contributed by atoms with Gasteiger partial charge in [0.1, 0.15) is 11.5 Å². The average molecular weight is 247 g/mol. The molecule has 0 saturated carbocycles. The van der Waals surface area contributed by atoms with Gasteiger partial charge >= 0.3 is 0 Å². The topological polar surface area (TPSA) is 29.5 Å². The van der Waals surface area contributed by atoms with Crippen LogP contribution in [0, 0.1) is 5.92 Å². The summed E-state index contributed by atoms with van der Waals surface area (Å²) in [7, 11) is 1.67. The Kier molecular flexibility index (Phi) is 4.24. The quantitative estimate of drug-likeness (QED) is 0.801. The van der Waals surface area contributed by atoms with E-state index in [4.69, 9.17) is 4.74 Å². The lowest BCUT2D eigenvalue weighted by atomic mass is 10.00. The monoisotopic (exact) mass is 247 g/mol. The van der Waals surface area contributed by atoms with Crippen LogP contribution in [0.25, 0.3) is 0 Å². The van der Waals surface area contributed by atoms with Gasteiger partial charge in [0, 0.05) is 31.1 Å². The second kappa shape index (κ2) is 5.89. The maximum atomic E-state index is 11.9. The molecule has 3 nitrogen and oxygen atoms in total. The van der Waals surface area contributed by atoms with Gasteiger partial charge in [0.2, 0.25) is 0 Å². The summed E-state index contributed by atoms with van der Waals surface area (Å²) in [4.78, 5) is 14.2. The van der Waals surface area contributed by atoms with E-state index in [0.717, 1.165) is 38.1 Å². The maximum absolute atomic E-state index is 11.9. The molecule has 0 bridgehead atoms. The third-order valence-electron chi connectivity index (χ3n) is 3.58. The summed E-state index contributed by atoms with van der Waals surface area (Å²) in [5, 5.41) is 0. The number of Topliss-reactive ketones (excluding diaryl/α,β-unsaturated/α-hetero) is 1. The molecule has 0 radical (unpaired) electrons. The Bertz CT molecular complexity index is 399. The first-order valence-electron chi connectivity index (χ1n) is 6.66. The van der Waals surface area contributed by atoms with Crippen molar-refractivity contribution in [3.63, 3.8) is 0 Å². The van der Waals surface area contributed by atoms with Gasteiger partial charge in [-0.15, -0.1) is 0 Å². The summed E-state index contributed by atoms with van der Waals surface area (Å²) >= 11 is 0. The van der Waals surface area contributed by atoms with Crippen molar-refractivity contribution in [2.45, 2.75) is 26.2 Å². The van der Waals surface area contributed by atoms with Crippen LogP contribution >= 0.6 is 0 Å². The van der Waals surface area contributed by atoms with Crippen molar-refractivity contribution in [1.29, 1.82) is 0 Å². The average Bonchev–Trinajstić information content (AvgIpc) is 2.89. The molecule has 1 aromatic carbocycles. The van der Waals surface area contributed by atoms with E-state index in [0.29, 0.717) is 5.78 Å². The zero-order valence-corrected chi connectivity index (χ0v) is 11.2. The zero-order chi connectivity index (χ0) is 13.0. The van der Waals surface area contributed by atoms with Gasteiger partial charge in [-0.1, -0.05) is 6.92 Å². The minimum absolute atomic E-state index is 0.229. The molecule has 0 aliphatic carbocycles. The molecule has 1 aromatic rings. The van der Waals surface area contributed by atoms with E-state index in [1.165, 1.54) is 5.69 Å². The molecule has 1 fully saturated rings. The number of ether oxygens (including phenoxy) is 1. The van der Waals surface area contributed by atoms with E-state index >= 15 is 0 Å². The summed E-state index contributed by atoms with van der Waals surface area (Å²) in [5.74, 6) is 1.53. The fourth-order valence-corrected chi connectivity index (χ4v) is 2.50. The lowest BCUT2D eigenvalue weighted by Gasteiger charge is -2.18. The molecular weight excluding hydrogens is 226 g/mol. The molecule has 2 rings (SSSR count). The molecule has 1 aliphatic rings. The minimum Gasteiger partial charge on any atom is -0.497 e. The molecule has 1 heterocycles. The number of carbonyl (C=O) groups excluding carboxylic acids is 1. The predicted octanol–water partition coefficient (Wildman–Crippen LogP) is 2.89. The first-order chi connectivity index (χ1) is 8.74. The number of carbonyl (C=O) groups is 1. The maximum Gasteiger partial charge on any atom is 0.137 e. The molecule has 0 N–H and O–H groups in total. The molecule has 0 spiro atoms. The lowest BCUT2D eigenvalue weighted by molar-refractivity contribution is -0.122. The normalized spacial score (nSPS) is 19.0. The molecule has 0 aromatic heterocycles. The first kappa shape index (κ1) is 12.9. The van der Waals surface area contributed by atoms with E-state index in [1.807, 2.05) is 12.1 Å². The van der Waals surface area contributed by atoms with Crippen LogP contribution in [0.2, 0.25) is 0 Å². The molecular formula is C15H21NO2. The van der Waals surface area contributed by atoms with Gasteiger partial charge in [0.15, 0.2) is 0 Å². The molecule has 3 heteroatoms. The van der Waals surface area contributed by atoms with Crippen LogP contribution in [-0.4, -0.2) is 26.0 Å². The lowest BCUT2D eigenvalue weighted by Crippen LogP contribution is -2.22. The van der Waals surface area contributed by atoms with Crippen LogP contribution in [0.5, 0.6) is 5.75 Å². The van der Waals surface area contributed by atoms with Gasteiger partial charge in [0.25, 0.3) is 0 Å². The van der Waals surface area contributed by atoms with Crippen LogP contribution in [0.3, 0.4) is 0 Å². The SMILES string of the molecule is CCCC(=O)C1CCN(c2ccc(OC)cc2)C1. The number of anilines is 1. The highest BCUT2D eigenvalue weighted by Crippen LogP contribution is 2.26. The predicted molar refractivity (Wildman–Crippen MR) is 73.2 cm³/mol. The van der Waals surface area contributed by atoms with Crippen molar-refractivity contribution < 1.29 is 9.53 Å². The largest absolute Gasteiger partial charge is 0.497 e. The molecule has 18 heavy (non-hydrogen) atoms. The Balaban J connectivity index is 1.97. The van der Waals surface area contributed by atoms with Crippen molar-refractivity contribution in [3.05, 3.63) is 24.3 Å². The summed E-state index contributed by atoms with van der Waals surface area (Å²) in [6.07, 6.45) is 2.67. The van der Waals surface area contributed by atoms with Crippen molar-refractivity contribution in [1.82, 2.24) is 0 Å². The van der Waals surface area contributed by atoms with Gasteiger partial charge in [-0.05, 0) is 37.1 Å². The van der Waals surface area contributed by atoms with Crippen LogP contribution < -0.4 is 9.64 Å². The summed E-state index contributed by atoms with van der Waals surface area (Å²) < 4.78 is 5.15. The van der Waals surface area contributed by atoms with Crippen LogP contribution in [-0.2, 0) is 4.79 Å². The van der Waals surface area contributed by atoms with Crippen molar-refractivity contribution in [3.8, 4) is 5.75 Å². The van der Waals surface area contributed by atoms with Crippen LogP contribution in [0.15, 0.2) is 24.3 Å². The summed E-state index contributed by atoms with van der Waals surface area (Å²) in [5.41, 5.74) is 1.18. The van der Waals surface area contributed by atoms with E-state index in [1.54, 1.807) is 7.11 Å². The second-order valence-corrected chi connectivity index (χ2v) is 4.85. The fraction of sp³-hybridized carbons (Fsp3) is 0.533. The number of ketones is 1. The zero-order valence-electron chi connectivity index (χ0n) is 11.2. The number of hydrogen-bond donors (Lipinski definition) is 0. The third kappa shape index (κ3) is 2.84. The molecule has 1 unspecified atom stereocenters. The smallest absolute Gasteiger partial charge is 0.137 e. The number of rotatable bonds is 5. The summed E-state index contributed by atoms with van der Waals surface area (Å²) in [6, 6.07) is 8.06. The summed E-state index contributed by atoms with van der Waals surface area (Å²) in [6.45, 7) is 3.91. The van der Waals surface area contributed by atoms with Gasteiger partial charge in [-0.3, -0.25) is 4.79 Å². The minimum atomic E-state index is 0.229. The molecule has 1 saturated heterocycles. The van der Waals surface area contributed by atoms with E-state index in [-0.39, 0.29) is 5.92 Å². The van der Waals surface area contributed by atoms with Crippen molar-refractivity contribution >= 4 is 11.5 Å². The first-order valence-corrected chi connectivity index (χ1v) is 6.66. The van der Waals surface area contributed by atoms with Gasteiger partial charge in [0.05, 0.1) is 7.11 Å². The third-order valence-corrected chi connectivity index (χ3v) is 3.58. The van der Waals surface area contributed by atoms with Crippen LogP contribution in [0.1, 0.15) is 26.2 Å². The molecule has 98 valence electrons. The molecule has 1 atom stereocenters. The highest BCUT2D eigenvalue weighted by atomic mass is 16.5. The van der Waals surface area contributed by atoms with Crippen LogP contribution in [0.4, 0.5) is 5.69 Å². The Morgan fingerprint density at radius 3 is 2.72 bits per heavy atom. The van der Waals surface area contributed by atoms with Crippen molar-refractivity contribution in [2.75, 3.05) is 25.1 Å². The molecule has 1 aliphatic heterocycles. The molecule has 0 amide bonds. The number of benzene rings is 1. The second-order valence-electron chi connectivity index (χ2n) is 4.85. The van der Waals surface area contributed by atoms with Gasteiger partial charge in [-0.25, -0.2) is 0 Å². The van der Waals surface area contributed by atoms with Crippen molar-refractivity contribution in [2.24, 2.45) is 5.92 Å². The Morgan fingerprint density at radius 1 is 1.39 bits per heavy atom. The van der Waals surface area contributed by atoms with E-state index in [2.05, 4.69) is 24.0 Å². The Morgan fingerprint density at radius 2 is 2.11 bits per heavy atom. The Hall–Kier alpha value is -1.51.